The quantitative estimate of drug-likeness (QED) is 0.0361. The van der Waals surface area contributed by atoms with Crippen molar-refractivity contribution < 1.29 is 42.6 Å². The van der Waals surface area contributed by atoms with Crippen molar-refractivity contribution in [3.8, 4) is 61.8 Å². The Bertz CT molecular complexity index is 3870. The van der Waals surface area contributed by atoms with Crippen molar-refractivity contribution in [2.45, 2.75) is 59.3 Å². The number of hydrogen-bond acceptors (Lipinski definition) is 11. The molecule has 0 N–H and O–H groups in total. The molecule has 10 aromatic carbocycles. The van der Waals surface area contributed by atoms with E-state index >= 15 is 0 Å². The molecule has 3 saturated heterocycles. The smallest absolute Gasteiger partial charge is 0.121 e. The highest BCUT2D eigenvalue weighted by molar-refractivity contribution is 5.82. The first-order chi connectivity index (χ1) is 48.1. The highest BCUT2D eigenvalue weighted by atomic mass is 16.5. The molecule has 0 spiro atoms. The van der Waals surface area contributed by atoms with Crippen molar-refractivity contribution in [2.24, 2.45) is 16.2 Å². The van der Waals surface area contributed by atoms with Gasteiger partial charge in [0, 0.05) is 76.3 Å². The summed E-state index contributed by atoms with van der Waals surface area (Å²) in [7, 11) is 0. The predicted octanol–water partition coefficient (Wildman–Crippen LogP) is 20.6. The van der Waals surface area contributed by atoms with E-state index in [0.717, 1.165) is 180 Å². The lowest BCUT2D eigenvalue weighted by Crippen LogP contribution is -2.43. The van der Waals surface area contributed by atoms with Crippen LogP contribution in [0.25, 0.3) is 44.5 Å². The molecule has 10 aromatic rings. The highest BCUT2D eigenvalue weighted by Crippen LogP contribution is 2.41. The number of ether oxygens (including phenoxy) is 9. The van der Waals surface area contributed by atoms with Gasteiger partial charge in [0.2, 0.25) is 0 Å². The molecule has 3 fully saturated rings. The second kappa shape index (κ2) is 34.4. The van der Waals surface area contributed by atoms with E-state index < -0.39 is 0 Å². The van der Waals surface area contributed by atoms with Crippen LogP contribution in [0.2, 0.25) is 0 Å². The monoisotopic (exact) mass is 1310 g/mol. The molecule has 0 radical (unpaired) electrons. The van der Waals surface area contributed by atoms with E-state index in [1.165, 1.54) is 33.4 Å². The molecule has 0 bridgehead atoms. The lowest BCUT2D eigenvalue weighted by Gasteiger charge is -2.37. The normalized spacial score (nSPS) is 14.7. The van der Waals surface area contributed by atoms with Gasteiger partial charge in [-0.25, -0.2) is 0 Å². The molecule has 3 aliphatic heterocycles. The van der Waals surface area contributed by atoms with Gasteiger partial charge < -0.3 is 52.4 Å². The third-order valence-corrected chi connectivity index (χ3v) is 18.1. The maximum atomic E-state index is 6.20. The van der Waals surface area contributed by atoms with Crippen LogP contribution >= 0.6 is 0 Å². The summed E-state index contributed by atoms with van der Waals surface area (Å²) in [4.78, 5) is 4.58. The summed E-state index contributed by atoms with van der Waals surface area (Å²) in [6, 6.07) is 91.7. The number of unbranched alkanes of at least 4 members (excludes halogenated alkanes) is 3. The van der Waals surface area contributed by atoms with Crippen molar-refractivity contribution in [1.82, 2.24) is 0 Å². The van der Waals surface area contributed by atoms with Gasteiger partial charge in [0.1, 0.15) is 17.2 Å². The minimum absolute atomic E-state index is 0.196. The average molecular weight is 1310 g/mol. The summed E-state index contributed by atoms with van der Waals surface area (Å²) in [6.45, 7) is 18.0. The Labute approximate surface area is 580 Å². The molecular formula is C87H94N2O9. The van der Waals surface area contributed by atoms with Gasteiger partial charge in [-0.3, -0.25) is 0 Å². The predicted molar refractivity (Wildman–Crippen MR) is 397 cm³/mol. The fraction of sp³-hybridized carbons (Fsp3) is 0.310. The summed E-state index contributed by atoms with van der Waals surface area (Å²) < 4.78 is 51.9. The largest absolute Gasteiger partial charge is 0.494 e. The second-order valence-electron chi connectivity index (χ2n) is 27.2. The minimum atomic E-state index is 0.196. The zero-order valence-electron chi connectivity index (χ0n) is 57.2. The molecule has 0 saturated carbocycles. The Morgan fingerprint density at radius 2 is 0.510 bits per heavy atom. The molecule has 11 nitrogen and oxygen atoms in total. The molecule has 11 heteroatoms. The zero-order valence-corrected chi connectivity index (χ0v) is 57.2. The molecule has 3 heterocycles. The third-order valence-electron chi connectivity index (χ3n) is 18.1. The van der Waals surface area contributed by atoms with Crippen molar-refractivity contribution in [1.29, 1.82) is 0 Å². The Kier molecular flexibility index (Phi) is 24.2. The van der Waals surface area contributed by atoms with E-state index in [0.29, 0.717) is 19.8 Å². The molecule has 0 unspecified atom stereocenters. The zero-order chi connectivity index (χ0) is 67.1. The average Bonchev–Trinajstić information content (AvgIpc) is 0.809. The highest BCUT2D eigenvalue weighted by Gasteiger charge is 2.35. The first kappa shape index (κ1) is 68.9. The number of nitrogens with zero attached hydrogens (tertiary/aromatic N) is 2. The molecule has 0 atom stereocenters. The van der Waals surface area contributed by atoms with Gasteiger partial charge in [0.05, 0.1) is 79.3 Å². The Hall–Kier alpha value is -9.04. The second-order valence-corrected chi connectivity index (χ2v) is 27.2. The van der Waals surface area contributed by atoms with Gasteiger partial charge in [-0.15, -0.1) is 0 Å². The number of anilines is 6. The third kappa shape index (κ3) is 19.4. The lowest BCUT2D eigenvalue weighted by atomic mass is 9.90. The summed E-state index contributed by atoms with van der Waals surface area (Å²) in [5.41, 5.74) is 16.5. The van der Waals surface area contributed by atoms with Crippen molar-refractivity contribution >= 4 is 34.1 Å². The van der Waals surface area contributed by atoms with Gasteiger partial charge in [0.15, 0.2) is 0 Å². The maximum absolute atomic E-state index is 6.20. The Balaban J connectivity index is 0.000000192. The van der Waals surface area contributed by atoms with E-state index in [2.05, 4.69) is 267 Å². The SMILES string of the molecule is CC1(COCCCCOc2ccc(-c3ccc(N(c4ccc(OCCCCOCC5(C)COC5)cc4)c4ccc(-c5ccccc5)cc4)cc3)cc2)COC1.CC1(COCCCCOc2cccc(N(c3ccc(-c4ccccc4)cc3)c3ccc(-c4ccccc4)cc3)c2)COC1. The van der Waals surface area contributed by atoms with Gasteiger partial charge in [-0.1, -0.05) is 178 Å². The molecule has 13 rings (SSSR count). The van der Waals surface area contributed by atoms with E-state index in [-0.39, 0.29) is 16.2 Å². The minimum Gasteiger partial charge on any atom is -0.494 e. The van der Waals surface area contributed by atoms with Crippen molar-refractivity contribution in [2.75, 3.05) is 109 Å². The molecule has 0 aromatic heterocycles. The van der Waals surface area contributed by atoms with Crippen molar-refractivity contribution in [3.63, 3.8) is 0 Å². The fourth-order valence-electron chi connectivity index (χ4n) is 12.2. The van der Waals surface area contributed by atoms with Gasteiger partial charge >= 0.3 is 0 Å². The van der Waals surface area contributed by atoms with Crippen LogP contribution < -0.4 is 24.0 Å². The summed E-state index contributed by atoms with van der Waals surface area (Å²) in [6.07, 6.45) is 5.80. The molecule has 0 amide bonds. The Morgan fingerprint density at radius 3 is 0.816 bits per heavy atom. The number of rotatable bonds is 34. The van der Waals surface area contributed by atoms with Crippen LogP contribution in [0.1, 0.15) is 59.3 Å². The van der Waals surface area contributed by atoms with Crippen LogP contribution in [0.15, 0.2) is 261 Å². The fourth-order valence-corrected chi connectivity index (χ4v) is 12.2. The standard InChI is InChI=1S/C48H55NO6.C39H39NO3/c1-47(34-52-35-47)32-50-28-6-8-30-54-45-24-16-41(17-25-45)40-14-20-43(21-15-40)49(42-18-12-39(13-19-42)38-10-4-3-5-11-38)44-22-26-46(27-23-44)55-31-9-7-29-51-33-48(2)36-53-37-48;1-39(29-42-30-39)28-41-25-8-9-26-43-38-16-10-15-37(27-38)40(35-21-17-33(18-22-35)31-11-4-2-5-12-31)36-23-19-34(20-24-36)32-13-6-3-7-14-32/h3-5,10-27H,6-9,28-37H2,1-2H3;2-7,10-24,27H,8-9,25-26,28-30H2,1H3. The molecule has 3 aliphatic rings. The van der Waals surface area contributed by atoms with Gasteiger partial charge in [0.25, 0.3) is 0 Å². The van der Waals surface area contributed by atoms with Crippen LogP contribution in [-0.4, -0.2) is 99.1 Å². The first-order valence-electron chi connectivity index (χ1n) is 34.9. The summed E-state index contributed by atoms with van der Waals surface area (Å²) in [5, 5.41) is 0. The van der Waals surface area contributed by atoms with E-state index in [1.807, 2.05) is 24.3 Å². The van der Waals surface area contributed by atoms with E-state index in [4.69, 9.17) is 42.6 Å². The lowest BCUT2D eigenvalue weighted by molar-refractivity contribution is -0.138. The molecular weight excluding hydrogens is 1220 g/mol. The number of benzene rings is 10. The summed E-state index contributed by atoms with van der Waals surface area (Å²) in [5.74, 6) is 2.62. The van der Waals surface area contributed by atoms with Crippen LogP contribution in [0.3, 0.4) is 0 Å². The van der Waals surface area contributed by atoms with Gasteiger partial charge in [-0.05, 0) is 180 Å². The first-order valence-corrected chi connectivity index (χ1v) is 34.9. The Morgan fingerprint density at radius 1 is 0.255 bits per heavy atom. The summed E-state index contributed by atoms with van der Waals surface area (Å²) >= 11 is 0. The molecule has 98 heavy (non-hydrogen) atoms. The van der Waals surface area contributed by atoms with Gasteiger partial charge in [-0.2, -0.15) is 0 Å². The molecule has 506 valence electrons. The van der Waals surface area contributed by atoms with Crippen molar-refractivity contribution in [3.05, 3.63) is 261 Å². The van der Waals surface area contributed by atoms with Crippen LogP contribution in [0.5, 0.6) is 17.2 Å². The topological polar surface area (TPSA) is 89.6 Å². The van der Waals surface area contributed by atoms with E-state index in [9.17, 15) is 0 Å². The van der Waals surface area contributed by atoms with E-state index in [1.54, 1.807) is 0 Å². The number of hydrogen-bond donors (Lipinski definition) is 0. The van der Waals surface area contributed by atoms with Crippen LogP contribution in [-0.2, 0) is 28.4 Å². The maximum Gasteiger partial charge on any atom is 0.121 e. The van der Waals surface area contributed by atoms with Crippen LogP contribution in [0, 0.1) is 16.2 Å². The molecule has 0 aliphatic carbocycles. The van der Waals surface area contributed by atoms with Crippen LogP contribution in [0.4, 0.5) is 34.1 Å².